The van der Waals surface area contributed by atoms with Gasteiger partial charge in [-0.1, -0.05) is 6.07 Å². The number of nitrogens with one attached hydrogen (secondary N) is 1. The summed E-state index contributed by atoms with van der Waals surface area (Å²) < 4.78 is 0. The van der Waals surface area contributed by atoms with Gasteiger partial charge >= 0.3 is 0 Å². The summed E-state index contributed by atoms with van der Waals surface area (Å²) >= 11 is 0. The second-order valence-electron chi connectivity index (χ2n) is 2.88. The van der Waals surface area contributed by atoms with Crippen molar-refractivity contribution >= 4 is 5.82 Å². The van der Waals surface area contributed by atoms with E-state index in [1.165, 1.54) is 0 Å². The molecule has 4 N–H and O–H groups in total. The number of aliphatic hydroxyl groups excluding tert-OH is 1. The molecule has 0 fully saturated rings. The van der Waals surface area contributed by atoms with Crippen LogP contribution in [0.3, 0.4) is 0 Å². The number of hydrogen-bond acceptors (Lipinski definition) is 4. The Bertz CT molecular complexity index is 265. The third-order valence-electron chi connectivity index (χ3n) is 1.90. The highest BCUT2D eigenvalue weighted by molar-refractivity contribution is 5.40. The minimum atomic E-state index is 0.126. The van der Waals surface area contributed by atoms with E-state index in [1.54, 1.807) is 6.20 Å². The Kier molecular flexibility index (Phi) is 3.67. The van der Waals surface area contributed by atoms with Crippen LogP contribution in [0.5, 0.6) is 0 Å². The molecule has 13 heavy (non-hydrogen) atoms. The molecule has 0 spiro atoms. The molecule has 1 aromatic rings. The Morgan fingerprint density at radius 1 is 1.69 bits per heavy atom. The summed E-state index contributed by atoms with van der Waals surface area (Å²) in [5.74, 6) is 0.542. The zero-order chi connectivity index (χ0) is 9.68. The lowest BCUT2D eigenvalue weighted by atomic mass is 10.1. The first-order valence-corrected chi connectivity index (χ1v) is 4.30. The highest BCUT2D eigenvalue weighted by atomic mass is 16.3. The second kappa shape index (κ2) is 4.79. The Hall–Kier alpha value is -1.13. The molecule has 1 atom stereocenters. The fourth-order valence-electron chi connectivity index (χ4n) is 1.19. The first kappa shape index (κ1) is 9.95. The fourth-order valence-corrected chi connectivity index (χ4v) is 1.19. The lowest BCUT2D eigenvalue weighted by molar-refractivity contribution is 0.286. The molecule has 0 aliphatic carbocycles. The quantitative estimate of drug-likeness (QED) is 0.625. The van der Waals surface area contributed by atoms with Crippen molar-refractivity contribution in [3.05, 3.63) is 23.9 Å². The Balaban J connectivity index is 2.65. The zero-order valence-electron chi connectivity index (χ0n) is 7.70. The summed E-state index contributed by atoms with van der Waals surface area (Å²) in [6.45, 7) is 2.68. The van der Waals surface area contributed by atoms with Gasteiger partial charge in [0.05, 0.1) is 6.61 Å². The lowest BCUT2D eigenvalue weighted by Gasteiger charge is -2.14. The summed E-state index contributed by atoms with van der Waals surface area (Å²) in [5, 5.41) is 11.7. The van der Waals surface area contributed by atoms with Crippen molar-refractivity contribution in [2.24, 2.45) is 0 Å². The number of pyridine rings is 1. The van der Waals surface area contributed by atoms with Gasteiger partial charge in [-0.05, 0) is 13.0 Å². The number of anilines is 1. The van der Waals surface area contributed by atoms with Crippen LogP contribution in [0, 0.1) is 0 Å². The highest BCUT2D eigenvalue weighted by Gasteiger charge is 2.07. The number of nitrogens with two attached hydrogens (primary N) is 1. The summed E-state index contributed by atoms with van der Waals surface area (Å²) in [7, 11) is 0. The SMILES string of the molecule is C[C@H](NCCO)c1cccnc1N. The third-order valence-corrected chi connectivity index (χ3v) is 1.90. The van der Waals surface area contributed by atoms with Crippen molar-refractivity contribution in [3.8, 4) is 0 Å². The Labute approximate surface area is 77.8 Å². The average Bonchev–Trinajstić information content (AvgIpc) is 2.15. The summed E-state index contributed by atoms with van der Waals surface area (Å²) in [4.78, 5) is 3.98. The van der Waals surface area contributed by atoms with Crippen LogP contribution in [0.25, 0.3) is 0 Å². The molecule has 4 heteroatoms. The maximum Gasteiger partial charge on any atom is 0.128 e. The standard InChI is InChI=1S/C9H15N3O/c1-7(11-5-6-13)8-3-2-4-12-9(8)10/h2-4,7,11,13H,5-6H2,1H3,(H2,10,12)/t7-/m0/s1. The van der Waals surface area contributed by atoms with Gasteiger partial charge in [0.15, 0.2) is 0 Å². The zero-order valence-corrected chi connectivity index (χ0v) is 7.70. The third kappa shape index (κ3) is 2.68. The molecule has 0 radical (unpaired) electrons. The minimum absolute atomic E-state index is 0.126. The maximum atomic E-state index is 8.62. The first-order valence-electron chi connectivity index (χ1n) is 4.30. The van der Waals surface area contributed by atoms with Crippen molar-refractivity contribution in [1.29, 1.82) is 0 Å². The number of hydrogen-bond donors (Lipinski definition) is 3. The smallest absolute Gasteiger partial charge is 0.128 e. The normalized spacial score (nSPS) is 12.8. The Morgan fingerprint density at radius 2 is 2.46 bits per heavy atom. The van der Waals surface area contributed by atoms with Gasteiger partial charge in [-0.2, -0.15) is 0 Å². The number of aliphatic hydroxyl groups is 1. The predicted molar refractivity (Wildman–Crippen MR) is 52.2 cm³/mol. The van der Waals surface area contributed by atoms with Crippen molar-refractivity contribution in [2.45, 2.75) is 13.0 Å². The van der Waals surface area contributed by atoms with E-state index in [0.29, 0.717) is 12.4 Å². The van der Waals surface area contributed by atoms with Crippen LogP contribution in [0.4, 0.5) is 5.82 Å². The number of rotatable bonds is 4. The molecule has 0 unspecified atom stereocenters. The van der Waals surface area contributed by atoms with Crippen LogP contribution in [0.2, 0.25) is 0 Å². The highest BCUT2D eigenvalue weighted by Crippen LogP contribution is 2.16. The first-order chi connectivity index (χ1) is 6.25. The molecule has 0 aromatic carbocycles. The van der Waals surface area contributed by atoms with Crippen LogP contribution < -0.4 is 11.1 Å². The molecular weight excluding hydrogens is 166 g/mol. The molecule has 72 valence electrons. The molecule has 0 aliphatic rings. The van der Waals surface area contributed by atoms with Crippen molar-refractivity contribution in [3.63, 3.8) is 0 Å². The number of aromatic nitrogens is 1. The van der Waals surface area contributed by atoms with Crippen LogP contribution in [-0.4, -0.2) is 23.2 Å². The minimum Gasteiger partial charge on any atom is -0.395 e. The lowest BCUT2D eigenvalue weighted by Crippen LogP contribution is -2.23. The Morgan fingerprint density at radius 3 is 3.08 bits per heavy atom. The molecule has 1 rings (SSSR count). The van der Waals surface area contributed by atoms with Crippen LogP contribution in [0.1, 0.15) is 18.5 Å². The van der Waals surface area contributed by atoms with E-state index in [2.05, 4.69) is 10.3 Å². The van der Waals surface area contributed by atoms with Gasteiger partial charge in [0.1, 0.15) is 5.82 Å². The monoisotopic (exact) mass is 181 g/mol. The molecule has 0 saturated heterocycles. The molecule has 0 amide bonds. The van der Waals surface area contributed by atoms with Gasteiger partial charge in [-0.25, -0.2) is 4.98 Å². The van der Waals surface area contributed by atoms with Crippen molar-refractivity contribution in [2.75, 3.05) is 18.9 Å². The molecule has 1 heterocycles. The van der Waals surface area contributed by atoms with Gasteiger partial charge in [0.2, 0.25) is 0 Å². The van der Waals surface area contributed by atoms with E-state index in [-0.39, 0.29) is 12.6 Å². The van der Waals surface area contributed by atoms with E-state index in [4.69, 9.17) is 10.8 Å². The van der Waals surface area contributed by atoms with Gasteiger partial charge in [-0.3, -0.25) is 0 Å². The average molecular weight is 181 g/mol. The van der Waals surface area contributed by atoms with E-state index < -0.39 is 0 Å². The van der Waals surface area contributed by atoms with E-state index in [1.807, 2.05) is 19.1 Å². The predicted octanol–water partition coefficient (Wildman–Crippen LogP) is 0.307. The van der Waals surface area contributed by atoms with Gasteiger partial charge in [0.25, 0.3) is 0 Å². The molecule has 0 saturated carbocycles. The summed E-state index contributed by atoms with van der Waals surface area (Å²) in [5.41, 5.74) is 6.65. The largest absolute Gasteiger partial charge is 0.395 e. The van der Waals surface area contributed by atoms with Crippen LogP contribution >= 0.6 is 0 Å². The molecule has 1 aromatic heterocycles. The van der Waals surface area contributed by atoms with Crippen LogP contribution in [0.15, 0.2) is 18.3 Å². The maximum absolute atomic E-state index is 8.62. The van der Waals surface area contributed by atoms with Crippen molar-refractivity contribution in [1.82, 2.24) is 10.3 Å². The molecular formula is C9H15N3O. The molecule has 0 bridgehead atoms. The molecule has 4 nitrogen and oxygen atoms in total. The fraction of sp³-hybridized carbons (Fsp3) is 0.444. The molecule has 0 aliphatic heterocycles. The van der Waals surface area contributed by atoms with Crippen LogP contribution in [-0.2, 0) is 0 Å². The van der Waals surface area contributed by atoms with Gasteiger partial charge < -0.3 is 16.2 Å². The second-order valence-corrected chi connectivity index (χ2v) is 2.88. The van der Waals surface area contributed by atoms with E-state index >= 15 is 0 Å². The van der Waals surface area contributed by atoms with Gasteiger partial charge in [0, 0.05) is 24.3 Å². The van der Waals surface area contributed by atoms with E-state index in [9.17, 15) is 0 Å². The number of nitrogens with zero attached hydrogens (tertiary/aromatic N) is 1. The summed E-state index contributed by atoms with van der Waals surface area (Å²) in [6, 6.07) is 3.90. The van der Waals surface area contributed by atoms with E-state index in [0.717, 1.165) is 5.56 Å². The van der Waals surface area contributed by atoms with Gasteiger partial charge in [-0.15, -0.1) is 0 Å². The topological polar surface area (TPSA) is 71.2 Å². The number of nitrogen functional groups attached to an aromatic ring is 1. The summed E-state index contributed by atoms with van der Waals surface area (Å²) in [6.07, 6.45) is 1.66. The van der Waals surface area contributed by atoms with Crippen molar-refractivity contribution < 1.29 is 5.11 Å².